The fraction of sp³-hybridized carbons (Fsp3) is 0.529. The van der Waals surface area contributed by atoms with Gasteiger partial charge in [-0.3, -0.25) is 14.5 Å². The Balaban J connectivity index is 1.80. The Morgan fingerprint density at radius 1 is 0.925 bits per heavy atom. The van der Waals surface area contributed by atoms with Crippen LogP contribution in [0.4, 0.5) is 0 Å². The minimum absolute atomic E-state index is 0.00786. The van der Waals surface area contributed by atoms with E-state index in [0.717, 1.165) is 18.0 Å². The third kappa shape index (κ3) is 6.45. The lowest BCUT2D eigenvalue weighted by molar-refractivity contribution is -0.131. The highest BCUT2D eigenvalue weighted by Crippen LogP contribution is 2.50. The van der Waals surface area contributed by atoms with Gasteiger partial charge in [0, 0.05) is 26.2 Å². The summed E-state index contributed by atoms with van der Waals surface area (Å²) >= 11 is 0. The van der Waals surface area contributed by atoms with Crippen molar-refractivity contribution in [3.8, 4) is 0 Å². The van der Waals surface area contributed by atoms with E-state index in [-0.39, 0.29) is 40.6 Å². The van der Waals surface area contributed by atoms with Crippen LogP contribution in [0, 0.1) is 17.8 Å². The first-order valence-corrected chi connectivity index (χ1v) is 21.5. The number of allylic oxidation sites excluding steroid dienone is 1. The van der Waals surface area contributed by atoms with Crippen LogP contribution in [-0.4, -0.2) is 45.8 Å². The first kappa shape index (κ1) is 30.7. The van der Waals surface area contributed by atoms with Gasteiger partial charge in [-0.1, -0.05) is 100 Å². The molecule has 1 aliphatic heterocycles. The van der Waals surface area contributed by atoms with Crippen LogP contribution in [0.5, 0.6) is 0 Å². The summed E-state index contributed by atoms with van der Waals surface area (Å²) in [5.74, 6) is -0.349. The van der Waals surface area contributed by atoms with Crippen LogP contribution >= 0.6 is 0 Å². The van der Waals surface area contributed by atoms with E-state index in [1.807, 2.05) is 48.5 Å². The molecular weight excluding hydrogens is 527 g/mol. The average molecular weight is 576 g/mol. The number of carbonyl (C=O) groups is 2. The molecule has 0 spiro atoms. The maximum Gasteiger partial charge on any atom is 0.260 e. The SMILES string of the molecule is CC1=C(C[Si](C)(C)C)C[C@H](CO[Si](C)(C)C(C)(C)C)[C@@H]2C(=O)N(C(=O)c3ccccc3)[C@@H](Cc3ccccc3)[C@@H]12. The summed E-state index contributed by atoms with van der Waals surface area (Å²) in [4.78, 5) is 30.2. The smallest absolute Gasteiger partial charge is 0.260 e. The lowest BCUT2D eigenvalue weighted by atomic mass is 9.68. The quantitative estimate of drug-likeness (QED) is 0.181. The highest BCUT2D eigenvalue weighted by atomic mass is 28.4. The number of nitrogens with zero attached hydrogens (tertiary/aromatic N) is 1. The molecule has 0 unspecified atom stereocenters. The second-order valence-corrected chi connectivity index (χ2v) is 25.0. The van der Waals surface area contributed by atoms with Crippen LogP contribution < -0.4 is 0 Å². The third-order valence-corrected chi connectivity index (χ3v) is 15.5. The van der Waals surface area contributed by atoms with Crippen LogP contribution in [-0.2, 0) is 15.6 Å². The molecule has 2 aromatic carbocycles. The number of benzene rings is 2. The zero-order valence-corrected chi connectivity index (χ0v) is 28.1. The van der Waals surface area contributed by atoms with Crippen molar-refractivity contribution in [3.05, 3.63) is 82.9 Å². The van der Waals surface area contributed by atoms with E-state index in [9.17, 15) is 9.59 Å². The molecule has 0 aromatic heterocycles. The molecule has 4 rings (SSSR count). The van der Waals surface area contributed by atoms with Gasteiger partial charge in [0.15, 0.2) is 8.32 Å². The van der Waals surface area contributed by atoms with E-state index in [2.05, 4.69) is 72.6 Å². The van der Waals surface area contributed by atoms with Gasteiger partial charge < -0.3 is 4.43 Å². The summed E-state index contributed by atoms with van der Waals surface area (Å²) < 4.78 is 6.81. The number of rotatable bonds is 8. The van der Waals surface area contributed by atoms with Crippen molar-refractivity contribution < 1.29 is 14.0 Å². The highest BCUT2D eigenvalue weighted by Gasteiger charge is 2.56. The molecule has 1 saturated heterocycles. The van der Waals surface area contributed by atoms with Crippen molar-refractivity contribution in [2.24, 2.45) is 17.8 Å². The zero-order valence-electron chi connectivity index (χ0n) is 26.1. The van der Waals surface area contributed by atoms with Crippen LogP contribution in [0.1, 0.15) is 50.0 Å². The van der Waals surface area contributed by atoms with Gasteiger partial charge in [0.1, 0.15) is 0 Å². The van der Waals surface area contributed by atoms with E-state index >= 15 is 0 Å². The van der Waals surface area contributed by atoms with Crippen LogP contribution in [0.3, 0.4) is 0 Å². The fourth-order valence-corrected chi connectivity index (χ4v) is 9.13. The van der Waals surface area contributed by atoms with Crippen LogP contribution in [0.15, 0.2) is 71.8 Å². The van der Waals surface area contributed by atoms with Crippen molar-refractivity contribution in [1.29, 1.82) is 0 Å². The number of amides is 2. The van der Waals surface area contributed by atoms with Gasteiger partial charge in [-0.2, -0.15) is 0 Å². The maximum atomic E-state index is 14.5. The minimum Gasteiger partial charge on any atom is -0.417 e. The number of likely N-dealkylation sites (tertiary alicyclic amines) is 1. The number of hydrogen-bond acceptors (Lipinski definition) is 3. The molecule has 1 heterocycles. The molecule has 0 radical (unpaired) electrons. The fourth-order valence-electron chi connectivity index (χ4n) is 6.36. The Morgan fingerprint density at radius 3 is 2.05 bits per heavy atom. The van der Waals surface area contributed by atoms with E-state index in [1.54, 1.807) is 4.90 Å². The van der Waals surface area contributed by atoms with Gasteiger partial charge in [-0.25, -0.2) is 0 Å². The molecule has 6 heteroatoms. The number of carbonyl (C=O) groups excluding carboxylic acids is 2. The molecule has 216 valence electrons. The summed E-state index contributed by atoms with van der Waals surface area (Å²) in [6.07, 6.45) is 1.56. The van der Waals surface area contributed by atoms with Gasteiger partial charge >= 0.3 is 0 Å². The van der Waals surface area contributed by atoms with Crippen LogP contribution in [0.25, 0.3) is 0 Å². The van der Waals surface area contributed by atoms with Crippen molar-refractivity contribution >= 4 is 28.2 Å². The Kier molecular flexibility index (Phi) is 8.84. The highest BCUT2D eigenvalue weighted by molar-refractivity contribution is 6.76. The summed E-state index contributed by atoms with van der Waals surface area (Å²) in [5.41, 5.74) is 4.58. The molecule has 0 bridgehead atoms. The minimum atomic E-state index is -2.01. The standard InChI is InChI=1S/C34H49NO3Si2/c1-24-28(23-39(5,6)7)21-27(22-38-40(8,9)34(2,3)4)31-30(24)29(20-25-16-12-10-13-17-25)35(33(31)37)32(36)26-18-14-11-15-19-26/h10-19,27,29-31H,20-23H2,1-9H3/t27-,29+,30-,31+/m1/s1. The second kappa shape index (κ2) is 11.5. The van der Waals surface area contributed by atoms with E-state index in [1.165, 1.54) is 11.1 Å². The molecule has 0 saturated carbocycles. The normalized spacial score (nSPS) is 23.9. The van der Waals surface area contributed by atoms with Gasteiger partial charge in [0.05, 0.1) is 12.0 Å². The Morgan fingerprint density at radius 2 is 1.50 bits per heavy atom. The summed E-state index contributed by atoms with van der Waals surface area (Å²) in [6.45, 7) is 21.5. The van der Waals surface area contributed by atoms with Crippen molar-refractivity contribution in [1.82, 2.24) is 4.90 Å². The second-order valence-electron chi connectivity index (χ2n) is 14.7. The summed E-state index contributed by atoms with van der Waals surface area (Å²) in [6, 6.07) is 20.6. The molecule has 2 aromatic rings. The largest absolute Gasteiger partial charge is 0.417 e. The first-order valence-electron chi connectivity index (χ1n) is 14.9. The number of imide groups is 1. The molecule has 2 aliphatic rings. The van der Waals surface area contributed by atoms with Crippen molar-refractivity contribution in [3.63, 3.8) is 0 Å². The molecule has 1 aliphatic carbocycles. The zero-order chi connectivity index (χ0) is 29.5. The van der Waals surface area contributed by atoms with E-state index in [4.69, 9.17) is 4.43 Å². The van der Waals surface area contributed by atoms with Gasteiger partial charge in [0.2, 0.25) is 5.91 Å². The van der Waals surface area contributed by atoms with E-state index < -0.39 is 16.4 Å². The monoisotopic (exact) mass is 575 g/mol. The Labute approximate surface area is 244 Å². The summed E-state index contributed by atoms with van der Waals surface area (Å²) in [7, 11) is -3.42. The number of fused-ring (bicyclic) bond motifs is 1. The first-order chi connectivity index (χ1) is 18.6. The Hall–Kier alpha value is -2.29. The molecular formula is C34H49NO3Si2. The molecule has 1 fully saturated rings. The average Bonchev–Trinajstić information content (AvgIpc) is 3.16. The summed E-state index contributed by atoms with van der Waals surface area (Å²) in [5, 5.41) is 0.0960. The lowest BCUT2D eigenvalue weighted by Gasteiger charge is -2.41. The maximum absolute atomic E-state index is 14.5. The Bertz CT molecular complexity index is 1240. The third-order valence-electron chi connectivity index (χ3n) is 9.47. The molecule has 40 heavy (non-hydrogen) atoms. The van der Waals surface area contributed by atoms with E-state index in [0.29, 0.717) is 18.6 Å². The van der Waals surface area contributed by atoms with Gasteiger partial charge in [-0.15, -0.1) is 0 Å². The molecule has 2 amide bonds. The van der Waals surface area contributed by atoms with Gasteiger partial charge in [-0.05, 0) is 67.6 Å². The van der Waals surface area contributed by atoms with Crippen molar-refractivity contribution in [2.75, 3.05) is 6.61 Å². The molecule has 4 nitrogen and oxygen atoms in total. The lowest BCUT2D eigenvalue weighted by Crippen LogP contribution is -2.44. The predicted molar refractivity (Wildman–Crippen MR) is 171 cm³/mol. The predicted octanol–water partition coefficient (Wildman–Crippen LogP) is 8.21. The van der Waals surface area contributed by atoms with Crippen LogP contribution in [0.2, 0.25) is 43.8 Å². The molecule has 0 N–H and O–H groups in total. The van der Waals surface area contributed by atoms with Gasteiger partial charge in [0.25, 0.3) is 5.91 Å². The topological polar surface area (TPSA) is 46.6 Å². The molecule has 4 atom stereocenters. The number of hydrogen-bond donors (Lipinski definition) is 0. The van der Waals surface area contributed by atoms with Crippen molar-refractivity contribution in [2.45, 2.75) is 90.4 Å².